The van der Waals surface area contributed by atoms with Gasteiger partial charge >= 0.3 is 5.69 Å². The Kier molecular flexibility index (Phi) is 4.93. The van der Waals surface area contributed by atoms with E-state index in [2.05, 4.69) is 15.2 Å². The number of benzene rings is 1. The highest BCUT2D eigenvalue weighted by Crippen LogP contribution is 2.25. The van der Waals surface area contributed by atoms with Crippen LogP contribution in [0.3, 0.4) is 0 Å². The first-order valence-corrected chi connectivity index (χ1v) is 9.44. The van der Waals surface area contributed by atoms with Crippen molar-refractivity contribution in [3.8, 4) is 17.1 Å². The molecule has 0 unspecified atom stereocenters. The van der Waals surface area contributed by atoms with Gasteiger partial charge in [0, 0.05) is 25.8 Å². The molecule has 4 aromatic rings. The Labute approximate surface area is 165 Å². The fourth-order valence-electron chi connectivity index (χ4n) is 3.41. The van der Waals surface area contributed by atoms with Crippen LogP contribution in [-0.4, -0.2) is 48.5 Å². The van der Waals surface area contributed by atoms with E-state index in [1.165, 1.54) is 4.57 Å². The molecule has 152 valence electrons. The zero-order valence-electron chi connectivity index (χ0n) is 16.5. The lowest BCUT2D eigenvalue weighted by molar-refractivity contribution is 0.140. The van der Waals surface area contributed by atoms with Crippen molar-refractivity contribution in [2.45, 2.75) is 20.4 Å². The van der Waals surface area contributed by atoms with E-state index in [-0.39, 0.29) is 0 Å². The smallest absolute Gasteiger partial charge is 0.329 e. The Morgan fingerprint density at radius 2 is 1.83 bits per heavy atom. The molecule has 0 radical (unpaired) electrons. The summed E-state index contributed by atoms with van der Waals surface area (Å²) >= 11 is 0. The Morgan fingerprint density at radius 3 is 2.52 bits per heavy atom. The Morgan fingerprint density at radius 1 is 1.07 bits per heavy atom. The van der Waals surface area contributed by atoms with Crippen LogP contribution >= 0.6 is 0 Å². The first-order valence-electron chi connectivity index (χ1n) is 9.44. The minimum absolute atomic E-state index is 0.351. The van der Waals surface area contributed by atoms with Gasteiger partial charge in [0.25, 0.3) is 5.56 Å². The van der Waals surface area contributed by atoms with Crippen molar-refractivity contribution < 1.29 is 9.47 Å². The summed E-state index contributed by atoms with van der Waals surface area (Å²) < 4.78 is 15.8. The third-order valence-corrected chi connectivity index (χ3v) is 4.73. The average Bonchev–Trinajstić information content (AvgIpc) is 3.26. The topological polar surface area (TPSA) is 108 Å². The van der Waals surface area contributed by atoms with Crippen LogP contribution < -0.4 is 16.0 Å². The fourth-order valence-corrected chi connectivity index (χ4v) is 3.41. The van der Waals surface area contributed by atoms with Gasteiger partial charge in [0.15, 0.2) is 17.0 Å². The lowest BCUT2D eigenvalue weighted by Gasteiger charge is -2.05. The maximum Gasteiger partial charge on any atom is 0.329 e. The number of H-pyrrole nitrogens is 1. The molecule has 4 rings (SSSR count). The predicted molar refractivity (Wildman–Crippen MR) is 107 cm³/mol. The number of rotatable bonds is 7. The van der Waals surface area contributed by atoms with Crippen molar-refractivity contribution in [2.24, 2.45) is 7.05 Å². The third kappa shape index (κ3) is 3.11. The minimum Gasteiger partial charge on any atom is -0.494 e. The molecular formula is C19H22N6O4. The standard InChI is InChI=1S/C19H22N6O4/c1-4-28-11-10-24-14-16(26)20-19(27)23(3)17(14)25-15(21-22-18(24)25)12-6-8-13(9-7-12)29-5-2/h6-9H,4-5,10-11H2,1-3H3,(H,20,26,27). The van der Waals surface area contributed by atoms with Crippen LogP contribution in [0.2, 0.25) is 0 Å². The third-order valence-electron chi connectivity index (χ3n) is 4.73. The second-order valence-corrected chi connectivity index (χ2v) is 6.46. The van der Waals surface area contributed by atoms with Crippen molar-refractivity contribution in [2.75, 3.05) is 19.8 Å². The molecule has 0 atom stereocenters. The van der Waals surface area contributed by atoms with Gasteiger partial charge in [-0.3, -0.25) is 14.3 Å². The van der Waals surface area contributed by atoms with Gasteiger partial charge in [-0.1, -0.05) is 0 Å². The number of aryl methyl sites for hydroxylation is 1. The van der Waals surface area contributed by atoms with Gasteiger partial charge < -0.3 is 14.0 Å². The summed E-state index contributed by atoms with van der Waals surface area (Å²) in [7, 11) is 1.61. The molecule has 0 aliphatic carbocycles. The molecule has 0 aliphatic heterocycles. The van der Waals surface area contributed by atoms with Gasteiger partial charge in [-0.25, -0.2) is 9.20 Å². The molecular weight excluding hydrogens is 376 g/mol. The summed E-state index contributed by atoms with van der Waals surface area (Å²) in [6.45, 7) is 5.78. The van der Waals surface area contributed by atoms with Crippen molar-refractivity contribution in [1.29, 1.82) is 0 Å². The monoisotopic (exact) mass is 398 g/mol. The quantitative estimate of drug-likeness (QED) is 0.468. The Hall–Kier alpha value is -3.40. The first kappa shape index (κ1) is 18.9. The number of hydrogen-bond donors (Lipinski definition) is 1. The lowest BCUT2D eigenvalue weighted by atomic mass is 10.2. The van der Waals surface area contributed by atoms with Gasteiger partial charge in [0.2, 0.25) is 5.78 Å². The maximum absolute atomic E-state index is 12.6. The van der Waals surface area contributed by atoms with E-state index < -0.39 is 11.2 Å². The number of fused-ring (bicyclic) bond motifs is 3. The maximum atomic E-state index is 12.6. The van der Waals surface area contributed by atoms with Crippen LogP contribution in [0.5, 0.6) is 5.75 Å². The minimum atomic E-state index is -0.502. The van der Waals surface area contributed by atoms with Crippen molar-refractivity contribution in [1.82, 2.24) is 28.7 Å². The Bertz CT molecular complexity index is 1280. The number of imidazole rings is 1. The molecule has 0 spiro atoms. The molecule has 1 aromatic carbocycles. The summed E-state index contributed by atoms with van der Waals surface area (Å²) in [4.78, 5) is 27.2. The van der Waals surface area contributed by atoms with Gasteiger partial charge in [-0.05, 0) is 38.1 Å². The normalized spacial score (nSPS) is 11.6. The first-order chi connectivity index (χ1) is 14.1. The molecule has 0 saturated carbocycles. The molecule has 3 aromatic heterocycles. The summed E-state index contributed by atoms with van der Waals surface area (Å²) in [5.41, 5.74) is 0.598. The number of aromatic amines is 1. The van der Waals surface area contributed by atoms with Crippen LogP contribution in [0, 0.1) is 0 Å². The van der Waals surface area contributed by atoms with Crippen molar-refractivity contribution in [3.63, 3.8) is 0 Å². The lowest BCUT2D eigenvalue weighted by Crippen LogP contribution is -2.29. The summed E-state index contributed by atoms with van der Waals surface area (Å²) in [6.07, 6.45) is 0. The van der Waals surface area contributed by atoms with Crippen molar-refractivity contribution >= 4 is 16.9 Å². The molecule has 0 bridgehead atoms. The molecule has 0 amide bonds. The van der Waals surface area contributed by atoms with E-state index in [0.29, 0.717) is 49.1 Å². The van der Waals surface area contributed by atoms with Crippen LogP contribution in [-0.2, 0) is 18.3 Å². The van der Waals surface area contributed by atoms with E-state index in [9.17, 15) is 9.59 Å². The fraction of sp³-hybridized carbons (Fsp3) is 0.368. The highest BCUT2D eigenvalue weighted by Gasteiger charge is 2.22. The zero-order chi connectivity index (χ0) is 20.5. The van der Waals surface area contributed by atoms with Crippen LogP contribution in [0.1, 0.15) is 13.8 Å². The van der Waals surface area contributed by atoms with E-state index >= 15 is 0 Å². The predicted octanol–water partition coefficient (Wildman–Crippen LogP) is 1.17. The number of aromatic nitrogens is 6. The molecule has 10 nitrogen and oxygen atoms in total. The van der Waals surface area contributed by atoms with E-state index in [4.69, 9.17) is 9.47 Å². The Balaban J connectivity index is 1.99. The number of ether oxygens (including phenoxy) is 2. The highest BCUT2D eigenvalue weighted by atomic mass is 16.5. The van der Waals surface area contributed by atoms with Crippen LogP contribution in [0.15, 0.2) is 33.9 Å². The largest absolute Gasteiger partial charge is 0.494 e. The second kappa shape index (κ2) is 7.55. The van der Waals surface area contributed by atoms with Gasteiger partial charge in [-0.2, -0.15) is 0 Å². The molecule has 0 fully saturated rings. The summed E-state index contributed by atoms with van der Waals surface area (Å²) in [5.74, 6) is 1.75. The SMILES string of the molecule is CCOCCn1c2c(=O)[nH]c(=O)n(C)c2n2c(-c3ccc(OCC)cc3)nnc12. The molecule has 0 aliphatic rings. The highest BCUT2D eigenvalue weighted by molar-refractivity contribution is 5.79. The molecule has 29 heavy (non-hydrogen) atoms. The second-order valence-electron chi connectivity index (χ2n) is 6.46. The molecule has 1 N–H and O–H groups in total. The molecule has 0 saturated heterocycles. The van der Waals surface area contributed by atoms with Crippen LogP contribution in [0.25, 0.3) is 28.3 Å². The number of nitrogens with zero attached hydrogens (tertiary/aromatic N) is 5. The van der Waals surface area contributed by atoms with Gasteiger partial charge in [-0.15, -0.1) is 10.2 Å². The van der Waals surface area contributed by atoms with Crippen molar-refractivity contribution in [3.05, 3.63) is 45.1 Å². The summed E-state index contributed by atoms with van der Waals surface area (Å²) in [5, 5.41) is 8.63. The van der Waals surface area contributed by atoms with E-state index in [0.717, 1.165) is 11.3 Å². The van der Waals surface area contributed by atoms with Gasteiger partial charge in [0.1, 0.15) is 5.75 Å². The van der Waals surface area contributed by atoms with E-state index in [1.54, 1.807) is 16.0 Å². The van der Waals surface area contributed by atoms with Crippen LogP contribution in [0.4, 0.5) is 0 Å². The molecule has 3 heterocycles. The number of hydrogen-bond acceptors (Lipinski definition) is 6. The number of nitrogens with one attached hydrogen (secondary N) is 1. The molecule has 10 heteroatoms. The average molecular weight is 398 g/mol. The van der Waals surface area contributed by atoms with Gasteiger partial charge in [0.05, 0.1) is 13.2 Å². The summed E-state index contributed by atoms with van der Waals surface area (Å²) in [6, 6.07) is 7.44. The zero-order valence-corrected chi connectivity index (χ0v) is 16.5. The van der Waals surface area contributed by atoms with E-state index in [1.807, 2.05) is 38.1 Å².